The van der Waals surface area contributed by atoms with Gasteiger partial charge in [0.15, 0.2) is 11.5 Å². The van der Waals surface area contributed by atoms with Crippen LogP contribution in [0.2, 0.25) is 0 Å². The molecule has 0 amide bonds. The van der Waals surface area contributed by atoms with E-state index in [2.05, 4.69) is 21.2 Å². The van der Waals surface area contributed by atoms with Crippen LogP contribution in [0.25, 0.3) is 0 Å². The van der Waals surface area contributed by atoms with Crippen LogP contribution in [0.4, 0.5) is 5.69 Å². The lowest BCUT2D eigenvalue weighted by molar-refractivity contribution is 0.355. The largest absolute Gasteiger partial charge is 0.493 e. The van der Waals surface area contributed by atoms with E-state index in [0.717, 1.165) is 17.2 Å². The van der Waals surface area contributed by atoms with E-state index in [1.807, 2.05) is 18.2 Å². The molecule has 0 radical (unpaired) electrons. The van der Waals surface area contributed by atoms with Crippen molar-refractivity contribution in [3.63, 3.8) is 0 Å². The summed E-state index contributed by atoms with van der Waals surface area (Å²) >= 11 is 3.28. The van der Waals surface area contributed by atoms with Crippen molar-refractivity contribution in [2.75, 3.05) is 25.0 Å². The molecule has 0 aromatic heterocycles. The smallest absolute Gasteiger partial charge is 0.162 e. The Labute approximate surface area is 86.2 Å². The van der Waals surface area contributed by atoms with Crippen LogP contribution in [0.3, 0.4) is 0 Å². The van der Waals surface area contributed by atoms with Crippen molar-refractivity contribution < 1.29 is 9.47 Å². The number of nitrogens with one attached hydrogen (secondary N) is 1. The van der Waals surface area contributed by atoms with Crippen LogP contribution in [0.1, 0.15) is 0 Å². The lowest BCUT2D eigenvalue weighted by atomic mass is 10.3. The Bertz CT molecular complexity index is 278. The monoisotopic (exact) mass is 245 g/mol. The highest BCUT2D eigenvalue weighted by Crippen LogP contribution is 2.29. The van der Waals surface area contributed by atoms with Gasteiger partial charge in [0.1, 0.15) is 0 Å². The van der Waals surface area contributed by atoms with Crippen LogP contribution in [0.15, 0.2) is 18.2 Å². The van der Waals surface area contributed by atoms with Crippen molar-refractivity contribution in [3.05, 3.63) is 18.2 Å². The molecule has 1 rings (SSSR count). The molecule has 0 bridgehead atoms. The zero-order valence-corrected chi connectivity index (χ0v) is 9.22. The fourth-order valence-electron chi connectivity index (χ4n) is 1.02. The molecule has 1 N–H and O–H groups in total. The molecule has 0 spiro atoms. The van der Waals surface area contributed by atoms with Crippen LogP contribution in [-0.4, -0.2) is 19.7 Å². The third-order valence-electron chi connectivity index (χ3n) is 1.65. The van der Waals surface area contributed by atoms with Crippen LogP contribution >= 0.6 is 15.9 Å². The number of halogens is 1. The Morgan fingerprint density at radius 3 is 2.46 bits per heavy atom. The first-order chi connectivity index (χ1) is 6.31. The Kier molecular flexibility index (Phi) is 3.89. The minimum Gasteiger partial charge on any atom is -0.493 e. The zero-order chi connectivity index (χ0) is 9.68. The summed E-state index contributed by atoms with van der Waals surface area (Å²) in [5.74, 6) is 1.47. The fourth-order valence-corrected chi connectivity index (χ4v) is 1.35. The summed E-state index contributed by atoms with van der Waals surface area (Å²) in [4.78, 5) is 0. The maximum atomic E-state index is 5.14. The zero-order valence-electron chi connectivity index (χ0n) is 7.63. The van der Waals surface area contributed by atoms with Crippen LogP contribution in [-0.2, 0) is 0 Å². The minimum absolute atomic E-state index is 0.711. The Morgan fingerprint density at radius 2 is 1.92 bits per heavy atom. The second kappa shape index (κ2) is 4.97. The molecular formula is C9H12BrNO2. The molecule has 72 valence electrons. The van der Waals surface area contributed by atoms with E-state index in [-0.39, 0.29) is 0 Å². The van der Waals surface area contributed by atoms with E-state index < -0.39 is 0 Å². The summed E-state index contributed by atoms with van der Waals surface area (Å²) < 4.78 is 10.2. The van der Waals surface area contributed by atoms with Crippen molar-refractivity contribution in [1.29, 1.82) is 0 Å². The van der Waals surface area contributed by atoms with Gasteiger partial charge in [-0.3, -0.25) is 0 Å². The number of methoxy groups -OCH3 is 2. The van der Waals surface area contributed by atoms with Gasteiger partial charge in [0.2, 0.25) is 0 Å². The summed E-state index contributed by atoms with van der Waals surface area (Å²) in [6.45, 7) is 0. The number of anilines is 1. The molecule has 0 unspecified atom stereocenters. The molecule has 0 atom stereocenters. The second-order valence-corrected chi connectivity index (χ2v) is 2.94. The molecule has 1 aromatic carbocycles. The number of hydrogen-bond acceptors (Lipinski definition) is 3. The molecule has 0 heterocycles. The average Bonchev–Trinajstić information content (AvgIpc) is 2.18. The third kappa shape index (κ3) is 2.52. The molecule has 3 nitrogen and oxygen atoms in total. The van der Waals surface area contributed by atoms with Gasteiger partial charge in [-0.05, 0) is 12.1 Å². The SMILES string of the molecule is COc1ccc(NCBr)cc1OC. The summed E-state index contributed by atoms with van der Waals surface area (Å²) in [6, 6.07) is 5.69. The summed E-state index contributed by atoms with van der Waals surface area (Å²) in [7, 11) is 3.24. The molecule has 1 aromatic rings. The lowest BCUT2D eigenvalue weighted by Crippen LogP contribution is -1.96. The topological polar surface area (TPSA) is 30.5 Å². The van der Waals surface area contributed by atoms with Gasteiger partial charge in [0.05, 0.1) is 19.7 Å². The molecule has 13 heavy (non-hydrogen) atoms. The fraction of sp³-hybridized carbons (Fsp3) is 0.333. The molecule has 0 fully saturated rings. The molecule has 4 heteroatoms. The van der Waals surface area contributed by atoms with Crippen molar-refractivity contribution in [3.8, 4) is 11.5 Å². The minimum atomic E-state index is 0.711. The first-order valence-corrected chi connectivity index (χ1v) is 4.96. The van der Waals surface area contributed by atoms with E-state index in [4.69, 9.17) is 9.47 Å². The van der Waals surface area contributed by atoms with Gasteiger partial charge >= 0.3 is 0 Å². The lowest BCUT2D eigenvalue weighted by Gasteiger charge is -2.09. The summed E-state index contributed by atoms with van der Waals surface area (Å²) in [5.41, 5.74) is 1.71. The Balaban J connectivity index is 2.91. The van der Waals surface area contributed by atoms with Gasteiger partial charge in [0, 0.05) is 11.8 Å². The van der Waals surface area contributed by atoms with E-state index in [1.165, 1.54) is 0 Å². The van der Waals surface area contributed by atoms with Gasteiger partial charge in [-0.15, -0.1) is 0 Å². The molecule has 0 aliphatic carbocycles. The van der Waals surface area contributed by atoms with E-state index >= 15 is 0 Å². The number of alkyl halides is 1. The van der Waals surface area contributed by atoms with Crippen LogP contribution < -0.4 is 14.8 Å². The number of ether oxygens (including phenoxy) is 2. The van der Waals surface area contributed by atoms with Crippen LogP contribution in [0.5, 0.6) is 11.5 Å². The van der Waals surface area contributed by atoms with E-state index in [9.17, 15) is 0 Å². The van der Waals surface area contributed by atoms with Crippen molar-refractivity contribution >= 4 is 21.6 Å². The maximum absolute atomic E-state index is 5.14. The number of hydrogen-bond donors (Lipinski definition) is 1. The predicted octanol–water partition coefficient (Wildman–Crippen LogP) is 2.47. The van der Waals surface area contributed by atoms with Gasteiger partial charge < -0.3 is 14.8 Å². The molecule has 0 saturated heterocycles. The maximum Gasteiger partial charge on any atom is 0.162 e. The number of rotatable bonds is 4. The van der Waals surface area contributed by atoms with Gasteiger partial charge in [-0.1, -0.05) is 15.9 Å². The van der Waals surface area contributed by atoms with Crippen LogP contribution in [0, 0.1) is 0 Å². The highest BCUT2D eigenvalue weighted by molar-refractivity contribution is 9.09. The second-order valence-electron chi connectivity index (χ2n) is 2.38. The third-order valence-corrected chi connectivity index (χ3v) is 1.93. The van der Waals surface area contributed by atoms with Gasteiger partial charge in [-0.2, -0.15) is 0 Å². The van der Waals surface area contributed by atoms with Crippen molar-refractivity contribution in [2.45, 2.75) is 0 Å². The summed E-state index contributed by atoms with van der Waals surface area (Å²) in [5, 5.41) is 3.11. The van der Waals surface area contributed by atoms with Crippen molar-refractivity contribution in [2.24, 2.45) is 0 Å². The highest BCUT2D eigenvalue weighted by atomic mass is 79.9. The quantitative estimate of drug-likeness (QED) is 0.653. The first kappa shape index (κ1) is 10.2. The average molecular weight is 246 g/mol. The standard InChI is InChI=1S/C9H12BrNO2/c1-12-8-4-3-7(11-6-10)5-9(8)13-2/h3-5,11H,6H2,1-2H3. The molecule has 0 saturated carbocycles. The van der Waals surface area contributed by atoms with Gasteiger partial charge in [0.25, 0.3) is 0 Å². The predicted molar refractivity (Wildman–Crippen MR) is 57.0 cm³/mol. The van der Waals surface area contributed by atoms with E-state index in [0.29, 0.717) is 5.45 Å². The number of benzene rings is 1. The Morgan fingerprint density at radius 1 is 1.23 bits per heavy atom. The van der Waals surface area contributed by atoms with E-state index in [1.54, 1.807) is 14.2 Å². The Hall–Kier alpha value is -0.900. The summed E-state index contributed by atoms with van der Waals surface area (Å²) in [6.07, 6.45) is 0. The highest BCUT2D eigenvalue weighted by Gasteiger charge is 2.02. The molecule has 0 aliphatic heterocycles. The molecule has 0 aliphatic rings. The molecular weight excluding hydrogens is 234 g/mol. The van der Waals surface area contributed by atoms with Gasteiger partial charge in [-0.25, -0.2) is 0 Å². The van der Waals surface area contributed by atoms with Crippen molar-refractivity contribution in [1.82, 2.24) is 0 Å². The normalized spacial score (nSPS) is 9.46. The first-order valence-electron chi connectivity index (χ1n) is 3.83.